The molecule has 3 aromatic heterocycles. The summed E-state index contributed by atoms with van der Waals surface area (Å²) in [6, 6.07) is 16.1. The molecule has 0 atom stereocenters. The lowest BCUT2D eigenvalue weighted by molar-refractivity contribution is -0.660. The van der Waals surface area contributed by atoms with Crippen LogP contribution in [0.3, 0.4) is 0 Å². The summed E-state index contributed by atoms with van der Waals surface area (Å²) in [6.45, 7) is 1.73. The van der Waals surface area contributed by atoms with E-state index in [1.807, 2.05) is 67.9 Å². The van der Waals surface area contributed by atoms with E-state index in [4.69, 9.17) is 13.5 Å². The Hall–Kier alpha value is -3.20. The van der Waals surface area contributed by atoms with Crippen molar-refractivity contribution >= 4 is 33.0 Å². The second-order valence-corrected chi connectivity index (χ2v) is 7.13. The van der Waals surface area contributed by atoms with Crippen LogP contribution >= 0.6 is 0 Å². The van der Waals surface area contributed by atoms with Crippen molar-refractivity contribution in [1.82, 2.24) is 4.98 Å². The number of para-hydroxylation sites is 1. The molecule has 0 radical (unpaired) electrons. The number of nitrogens with zero attached hydrogens (tertiary/aromatic N) is 2. The molecule has 5 aromatic rings. The maximum Gasteiger partial charge on any atom is 0.216 e. The van der Waals surface area contributed by atoms with E-state index in [-0.39, 0.29) is 0 Å². The van der Waals surface area contributed by atoms with Gasteiger partial charge in [-0.3, -0.25) is 0 Å². The van der Waals surface area contributed by atoms with Gasteiger partial charge in [0.2, 0.25) is 5.69 Å². The molecule has 2 aromatic carbocycles. The van der Waals surface area contributed by atoms with Gasteiger partial charge in [-0.1, -0.05) is 24.3 Å². The molecule has 132 valence electrons. The van der Waals surface area contributed by atoms with Crippen LogP contribution in [0.5, 0.6) is 0 Å². The van der Waals surface area contributed by atoms with E-state index < -0.39 is 6.85 Å². The van der Waals surface area contributed by atoms with Crippen LogP contribution in [-0.2, 0) is 7.05 Å². The molecular formula is C24H21N2O+. The Kier molecular flexibility index (Phi) is 2.73. The van der Waals surface area contributed by atoms with Crippen molar-refractivity contribution in [2.45, 2.75) is 20.7 Å². The minimum absolute atomic E-state index is 0.358. The van der Waals surface area contributed by atoms with E-state index in [0.717, 1.165) is 55.4 Å². The Bertz CT molecular complexity index is 1470. The van der Waals surface area contributed by atoms with Gasteiger partial charge in [-0.15, -0.1) is 0 Å². The first-order valence-corrected chi connectivity index (χ1v) is 8.97. The third-order valence-electron chi connectivity index (χ3n) is 5.26. The molecule has 5 rings (SSSR count). The fourth-order valence-electron chi connectivity index (χ4n) is 3.77. The molecule has 0 saturated heterocycles. The highest BCUT2D eigenvalue weighted by Gasteiger charge is 2.22. The van der Waals surface area contributed by atoms with Gasteiger partial charge in [-0.2, -0.15) is 0 Å². The highest BCUT2D eigenvalue weighted by molar-refractivity contribution is 6.10. The SMILES string of the molecule is [2H]C([2H])([2H])c1c[n+](C)c(-c2c(C)ccc3c2oc2cc4ccccc4nc23)cc1C. The first kappa shape index (κ1) is 13.0. The lowest BCUT2D eigenvalue weighted by Crippen LogP contribution is -2.31. The molecule has 0 amide bonds. The molecule has 0 N–H and O–H groups in total. The average Bonchev–Trinajstić information content (AvgIpc) is 3.04. The largest absolute Gasteiger partial charge is 0.453 e. The third-order valence-corrected chi connectivity index (χ3v) is 5.26. The summed E-state index contributed by atoms with van der Waals surface area (Å²) < 4.78 is 31.6. The van der Waals surface area contributed by atoms with Crippen LogP contribution in [0.4, 0.5) is 0 Å². The van der Waals surface area contributed by atoms with Crippen LogP contribution in [0.2, 0.25) is 0 Å². The number of aryl methyl sites for hydroxylation is 4. The van der Waals surface area contributed by atoms with Gasteiger partial charge in [0.05, 0.1) is 11.1 Å². The number of rotatable bonds is 1. The smallest absolute Gasteiger partial charge is 0.216 e. The van der Waals surface area contributed by atoms with Crippen molar-refractivity contribution in [3.63, 3.8) is 0 Å². The zero-order valence-corrected chi connectivity index (χ0v) is 15.5. The number of fused-ring (bicyclic) bond motifs is 4. The van der Waals surface area contributed by atoms with Crippen molar-refractivity contribution < 1.29 is 13.1 Å². The van der Waals surface area contributed by atoms with Gasteiger partial charge in [0.25, 0.3) is 0 Å². The minimum Gasteiger partial charge on any atom is -0.453 e. The molecule has 0 unspecified atom stereocenters. The topological polar surface area (TPSA) is 29.9 Å². The van der Waals surface area contributed by atoms with E-state index >= 15 is 0 Å². The molecule has 0 bridgehead atoms. The minimum atomic E-state index is -2.15. The predicted molar refractivity (Wildman–Crippen MR) is 110 cm³/mol. The van der Waals surface area contributed by atoms with Gasteiger partial charge in [0, 0.05) is 26.5 Å². The van der Waals surface area contributed by atoms with Crippen molar-refractivity contribution in [3.05, 3.63) is 71.4 Å². The van der Waals surface area contributed by atoms with E-state index in [1.54, 1.807) is 6.20 Å². The summed E-state index contributed by atoms with van der Waals surface area (Å²) >= 11 is 0. The Morgan fingerprint density at radius 2 is 1.85 bits per heavy atom. The Labute approximate surface area is 162 Å². The summed E-state index contributed by atoms with van der Waals surface area (Å²) in [7, 11) is 1.87. The molecule has 0 aliphatic carbocycles. The zero-order chi connectivity index (χ0) is 21.2. The van der Waals surface area contributed by atoms with Crippen molar-refractivity contribution in [2.75, 3.05) is 0 Å². The molecule has 3 heteroatoms. The van der Waals surface area contributed by atoms with Crippen LogP contribution in [0.1, 0.15) is 20.8 Å². The number of furan rings is 1. The Morgan fingerprint density at radius 1 is 1.00 bits per heavy atom. The maximum atomic E-state index is 7.80. The number of benzene rings is 2. The number of aromatic nitrogens is 2. The predicted octanol–water partition coefficient (Wildman–Crippen LogP) is 5.55. The first-order valence-electron chi connectivity index (χ1n) is 10.5. The lowest BCUT2D eigenvalue weighted by atomic mass is 9.99. The number of pyridine rings is 2. The Balaban J connectivity index is 1.84. The molecule has 0 saturated carbocycles. The van der Waals surface area contributed by atoms with E-state index in [9.17, 15) is 0 Å². The summed E-state index contributed by atoms with van der Waals surface area (Å²) in [4.78, 5) is 4.84. The van der Waals surface area contributed by atoms with Crippen LogP contribution in [0.15, 0.2) is 59.1 Å². The second kappa shape index (κ2) is 5.65. The zero-order valence-electron chi connectivity index (χ0n) is 18.5. The summed E-state index contributed by atoms with van der Waals surface area (Å²) in [5.41, 5.74) is 7.29. The average molecular weight is 356 g/mol. The van der Waals surface area contributed by atoms with Crippen LogP contribution in [0, 0.1) is 20.7 Å². The van der Waals surface area contributed by atoms with Gasteiger partial charge >= 0.3 is 0 Å². The summed E-state index contributed by atoms with van der Waals surface area (Å²) in [5.74, 6) is 0. The highest BCUT2D eigenvalue weighted by atomic mass is 16.3. The second-order valence-electron chi connectivity index (χ2n) is 7.13. The fourth-order valence-corrected chi connectivity index (χ4v) is 3.77. The van der Waals surface area contributed by atoms with Crippen molar-refractivity contribution in [1.29, 1.82) is 0 Å². The normalized spacial score (nSPS) is 13.8. The fraction of sp³-hybridized carbons (Fsp3) is 0.167. The van der Waals surface area contributed by atoms with Gasteiger partial charge in [0.1, 0.15) is 12.6 Å². The molecule has 27 heavy (non-hydrogen) atoms. The monoisotopic (exact) mass is 356 g/mol. The van der Waals surface area contributed by atoms with Gasteiger partial charge < -0.3 is 4.42 Å². The molecule has 3 nitrogen and oxygen atoms in total. The standard InChI is InChI=1S/C24H21N2O/c1-14-9-10-18-23-21(12-17-7-5-6-8-19(17)25-23)27-24(18)22(14)20-11-15(2)16(3)13-26(20)4/h5-13H,1-4H3/q+1/i3D3. The van der Waals surface area contributed by atoms with E-state index in [0.29, 0.717) is 5.56 Å². The molecule has 0 spiro atoms. The van der Waals surface area contributed by atoms with E-state index in [1.165, 1.54) is 0 Å². The molecular weight excluding hydrogens is 332 g/mol. The maximum absolute atomic E-state index is 7.80. The quantitative estimate of drug-likeness (QED) is 0.369. The number of hydrogen-bond donors (Lipinski definition) is 0. The third kappa shape index (κ3) is 2.35. The van der Waals surface area contributed by atoms with Crippen LogP contribution in [0.25, 0.3) is 44.2 Å². The first-order chi connectivity index (χ1) is 14.2. The summed E-state index contributed by atoms with van der Waals surface area (Å²) in [6.07, 6.45) is 1.70. The van der Waals surface area contributed by atoms with Crippen LogP contribution < -0.4 is 4.57 Å². The molecule has 0 aliphatic heterocycles. The summed E-state index contributed by atoms with van der Waals surface area (Å²) in [5, 5.41) is 1.99. The lowest BCUT2D eigenvalue weighted by Gasteiger charge is -2.07. The van der Waals surface area contributed by atoms with Gasteiger partial charge in [-0.05, 0) is 50.0 Å². The molecule has 0 aliphatic rings. The molecule has 3 heterocycles. The van der Waals surface area contributed by atoms with Gasteiger partial charge in [0.15, 0.2) is 17.4 Å². The van der Waals surface area contributed by atoms with Gasteiger partial charge in [-0.25, -0.2) is 9.55 Å². The Morgan fingerprint density at radius 3 is 2.70 bits per heavy atom. The van der Waals surface area contributed by atoms with Crippen molar-refractivity contribution in [2.24, 2.45) is 7.05 Å². The van der Waals surface area contributed by atoms with E-state index in [2.05, 4.69) is 6.07 Å². The van der Waals surface area contributed by atoms with Crippen LogP contribution in [-0.4, -0.2) is 4.98 Å². The highest BCUT2D eigenvalue weighted by Crippen LogP contribution is 2.37. The molecule has 0 fully saturated rings. The number of hydrogen-bond acceptors (Lipinski definition) is 2. The van der Waals surface area contributed by atoms with Crippen molar-refractivity contribution in [3.8, 4) is 11.3 Å².